The van der Waals surface area contributed by atoms with Gasteiger partial charge in [0.1, 0.15) is 18.0 Å². The molecule has 2 aromatic carbocycles. The number of nitrogens with zero attached hydrogens (tertiary/aromatic N) is 3. The predicted molar refractivity (Wildman–Crippen MR) is 113 cm³/mol. The summed E-state index contributed by atoms with van der Waals surface area (Å²) in [5.41, 5.74) is -1.50. The maximum Gasteiger partial charge on any atom is 0.416 e. The summed E-state index contributed by atoms with van der Waals surface area (Å²) in [6.45, 7) is 1.45. The summed E-state index contributed by atoms with van der Waals surface area (Å²) in [5, 5.41) is 11.3. The lowest BCUT2D eigenvalue weighted by Crippen LogP contribution is -2.42. The van der Waals surface area contributed by atoms with Gasteiger partial charge in [0.2, 0.25) is 5.91 Å². The number of carbonyl (C=O) groups excluding carboxylic acids is 1. The molecular weight excluding hydrogens is 427 g/mol. The van der Waals surface area contributed by atoms with Crippen LogP contribution in [-0.4, -0.2) is 49.0 Å². The minimum atomic E-state index is -4.66. The number of halogens is 3. The highest BCUT2D eigenvalue weighted by molar-refractivity contribution is 5.79. The van der Waals surface area contributed by atoms with Crippen molar-refractivity contribution in [1.82, 2.24) is 4.90 Å². The van der Waals surface area contributed by atoms with E-state index < -0.39 is 22.4 Å². The summed E-state index contributed by atoms with van der Waals surface area (Å²) in [4.78, 5) is 26.5. The van der Waals surface area contributed by atoms with Crippen molar-refractivity contribution in [2.45, 2.75) is 19.0 Å². The van der Waals surface area contributed by atoms with Crippen LogP contribution in [-0.2, 0) is 11.0 Å². The maximum atomic E-state index is 12.9. The lowest BCUT2D eigenvalue weighted by Gasteiger charge is -2.34. The Morgan fingerprint density at radius 1 is 1.19 bits per heavy atom. The average Bonchev–Trinajstić information content (AvgIpc) is 2.78. The highest BCUT2D eigenvalue weighted by atomic mass is 19.4. The molecule has 0 bridgehead atoms. The average molecular weight is 451 g/mol. The summed E-state index contributed by atoms with van der Waals surface area (Å²) < 4.78 is 44.4. The van der Waals surface area contributed by atoms with Crippen LogP contribution in [0, 0.1) is 16.0 Å². The third-order valence-corrected chi connectivity index (χ3v) is 5.50. The fraction of sp³-hybridized carbons (Fsp3) is 0.409. The number of benzene rings is 2. The molecule has 1 aliphatic heterocycles. The molecule has 7 nitrogen and oxygen atoms in total. The van der Waals surface area contributed by atoms with E-state index in [-0.39, 0.29) is 17.5 Å². The van der Waals surface area contributed by atoms with Crippen molar-refractivity contribution >= 4 is 17.3 Å². The lowest BCUT2D eigenvalue weighted by molar-refractivity contribution is -0.384. The Kier molecular flexibility index (Phi) is 7.22. The van der Waals surface area contributed by atoms with Gasteiger partial charge in [-0.25, -0.2) is 0 Å². The van der Waals surface area contributed by atoms with E-state index in [9.17, 15) is 28.1 Å². The lowest BCUT2D eigenvalue weighted by atomic mass is 9.94. The van der Waals surface area contributed by atoms with Crippen LogP contribution in [0.4, 0.5) is 24.5 Å². The van der Waals surface area contributed by atoms with Crippen molar-refractivity contribution in [1.29, 1.82) is 0 Å². The molecule has 0 atom stereocenters. The van der Waals surface area contributed by atoms with Crippen LogP contribution >= 0.6 is 0 Å². The molecule has 0 spiro atoms. The summed E-state index contributed by atoms with van der Waals surface area (Å²) in [5.74, 6) is 0.435. The summed E-state index contributed by atoms with van der Waals surface area (Å²) in [6, 6.07) is 11.8. The summed E-state index contributed by atoms with van der Waals surface area (Å²) in [6.07, 6.45) is -3.74. The van der Waals surface area contributed by atoms with E-state index in [1.54, 1.807) is 16.8 Å². The zero-order valence-corrected chi connectivity index (χ0v) is 17.5. The highest BCUT2D eigenvalue weighted by Crippen LogP contribution is 2.37. The molecule has 1 amide bonds. The van der Waals surface area contributed by atoms with E-state index in [2.05, 4.69) is 0 Å². The molecule has 0 radical (unpaired) electrons. The summed E-state index contributed by atoms with van der Waals surface area (Å²) >= 11 is 0. The molecule has 1 saturated heterocycles. The molecule has 0 N–H and O–H groups in total. The Hall–Kier alpha value is -3.30. The van der Waals surface area contributed by atoms with Crippen LogP contribution in [0.5, 0.6) is 5.75 Å². The minimum Gasteiger partial charge on any atom is -0.492 e. The number of anilines is 1. The molecule has 172 valence electrons. The molecule has 1 heterocycles. The number of amides is 1. The van der Waals surface area contributed by atoms with Gasteiger partial charge in [0.05, 0.1) is 17.0 Å². The molecule has 0 saturated carbocycles. The number of ether oxygens (including phenoxy) is 1. The van der Waals surface area contributed by atoms with Crippen LogP contribution in [0.25, 0.3) is 0 Å². The second-order valence-electron chi connectivity index (χ2n) is 7.64. The Labute approximate surface area is 183 Å². The second kappa shape index (κ2) is 9.88. The van der Waals surface area contributed by atoms with Gasteiger partial charge < -0.3 is 14.5 Å². The van der Waals surface area contributed by atoms with Gasteiger partial charge >= 0.3 is 6.18 Å². The van der Waals surface area contributed by atoms with Crippen molar-refractivity contribution in [2.24, 2.45) is 5.92 Å². The van der Waals surface area contributed by atoms with E-state index in [4.69, 9.17) is 4.74 Å². The van der Waals surface area contributed by atoms with Gasteiger partial charge in [0.15, 0.2) is 0 Å². The molecule has 0 unspecified atom stereocenters. The van der Waals surface area contributed by atoms with Crippen molar-refractivity contribution in [3.63, 3.8) is 0 Å². The number of hydrogen-bond acceptors (Lipinski definition) is 5. The monoisotopic (exact) mass is 451 g/mol. The van der Waals surface area contributed by atoms with Gasteiger partial charge in [-0.1, -0.05) is 18.2 Å². The molecule has 0 aliphatic carbocycles. The molecular formula is C22H24F3N3O4. The standard InChI is InChI=1S/C22H24F3N3O4/c1-26(13-14-32-18-5-3-2-4-6-18)21(29)16-9-11-27(12-10-16)19-8-7-17(22(23,24)25)15-20(19)28(30)31/h2-8,15-16H,9-14H2,1H3. The molecule has 10 heteroatoms. The number of rotatable bonds is 7. The van der Waals surface area contributed by atoms with Gasteiger partial charge in [-0.05, 0) is 37.1 Å². The van der Waals surface area contributed by atoms with E-state index in [0.717, 1.165) is 17.9 Å². The molecule has 1 aliphatic rings. The van der Waals surface area contributed by atoms with Gasteiger partial charge in [-0.2, -0.15) is 13.2 Å². The molecule has 2 aromatic rings. The van der Waals surface area contributed by atoms with Crippen LogP contribution in [0.2, 0.25) is 0 Å². The van der Waals surface area contributed by atoms with Crippen molar-refractivity contribution in [3.8, 4) is 5.75 Å². The maximum absolute atomic E-state index is 12.9. The van der Waals surface area contributed by atoms with E-state index in [1.807, 2.05) is 30.3 Å². The van der Waals surface area contributed by atoms with Crippen LogP contribution < -0.4 is 9.64 Å². The fourth-order valence-electron chi connectivity index (χ4n) is 3.72. The first-order chi connectivity index (χ1) is 15.2. The summed E-state index contributed by atoms with van der Waals surface area (Å²) in [7, 11) is 1.70. The molecule has 0 aromatic heterocycles. The number of likely N-dealkylation sites (N-methyl/N-ethyl adjacent to an activating group) is 1. The largest absolute Gasteiger partial charge is 0.492 e. The Morgan fingerprint density at radius 3 is 2.44 bits per heavy atom. The molecule has 32 heavy (non-hydrogen) atoms. The van der Waals surface area contributed by atoms with Gasteiger partial charge in [-0.3, -0.25) is 14.9 Å². The van der Waals surface area contributed by atoms with Gasteiger partial charge in [0, 0.05) is 32.1 Å². The Bertz CT molecular complexity index is 945. The topological polar surface area (TPSA) is 75.9 Å². The highest BCUT2D eigenvalue weighted by Gasteiger charge is 2.35. The SMILES string of the molecule is CN(CCOc1ccccc1)C(=O)C1CCN(c2ccc(C(F)(F)F)cc2[N+](=O)[O-])CC1. The number of carbonyl (C=O) groups is 1. The van der Waals surface area contributed by atoms with E-state index in [1.165, 1.54) is 0 Å². The van der Waals surface area contributed by atoms with Crippen LogP contribution in [0.3, 0.4) is 0 Å². The second-order valence-corrected chi connectivity index (χ2v) is 7.64. The zero-order valence-electron chi connectivity index (χ0n) is 17.5. The minimum absolute atomic E-state index is 0.0387. The zero-order chi connectivity index (χ0) is 23.3. The number of alkyl halides is 3. The smallest absolute Gasteiger partial charge is 0.416 e. The first-order valence-electron chi connectivity index (χ1n) is 10.2. The first-order valence-corrected chi connectivity index (χ1v) is 10.2. The normalized spacial score (nSPS) is 14.8. The number of nitro groups is 1. The van der Waals surface area contributed by atoms with Crippen LogP contribution in [0.1, 0.15) is 18.4 Å². The van der Waals surface area contributed by atoms with E-state index >= 15 is 0 Å². The van der Waals surface area contributed by atoms with E-state index in [0.29, 0.717) is 45.1 Å². The fourth-order valence-corrected chi connectivity index (χ4v) is 3.72. The number of hydrogen-bond donors (Lipinski definition) is 0. The van der Waals surface area contributed by atoms with Crippen LogP contribution in [0.15, 0.2) is 48.5 Å². The Morgan fingerprint density at radius 2 is 1.84 bits per heavy atom. The quantitative estimate of drug-likeness (QED) is 0.462. The molecule has 1 fully saturated rings. The predicted octanol–water partition coefficient (Wildman–Crippen LogP) is 4.37. The van der Waals surface area contributed by atoms with Gasteiger partial charge in [0.25, 0.3) is 5.69 Å². The third kappa shape index (κ3) is 5.68. The Balaban J connectivity index is 1.56. The van der Waals surface area contributed by atoms with Crippen molar-refractivity contribution in [3.05, 3.63) is 64.2 Å². The van der Waals surface area contributed by atoms with Crippen molar-refractivity contribution < 1.29 is 27.6 Å². The third-order valence-electron chi connectivity index (χ3n) is 5.50. The van der Waals surface area contributed by atoms with Gasteiger partial charge in [-0.15, -0.1) is 0 Å². The number of para-hydroxylation sites is 1. The number of nitro benzene ring substituents is 1. The first kappa shape index (κ1) is 23.4. The number of piperidine rings is 1. The molecule has 3 rings (SSSR count). The van der Waals surface area contributed by atoms with Crippen molar-refractivity contribution in [2.75, 3.05) is 38.2 Å².